The Morgan fingerprint density at radius 3 is 2.61 bits per heavy atom. The molecular formula is C19H20FNO2. The molecule has 1 aliphatic rings. The van der Waals surface area contributed by atoms with Crippen LogP contribution in [0.15, 0.2) is 54.6 Å². The lowest BCUT2D eigenvalue weighted by molar-refractivity contribution is -0.133. The predicted molar refractivity (Wildman–Crippen MR) is 86.8 cm³/mol. The molecule has 23 heavy (non-hydrogen) atoms. The number of ether oxygens (including phenoxy) is 1. The van der Waals surface area contributed by atoms with Crippen LogP contribution in [0.2, 0.25) is 0 Å². The van der Waals surface area contributed by atoms with Gasteiger partial charge in [0.1, 0.15) is 17.7 Å². The van der Waals surface area contributed by atoms with Crippen LogP contribution >= 0.6 is 0 Å². The molecule has 0 spiro atoms. The van der Waals surface area contributed by atoms with Crippen molar-refractivity contribution in [1.82, 2.24) is 4.90 Å². The van der Waals surface area contributed by atoms with Gasteiger partial charge in [0.05, 0.1) is 13.0 Å². The number of halogens is 1. The zero-order valence-electron chi connectivity index (χ0n) is 13.0. The fourth-order valence-corrected chi connectivity index (χ4v) is 2.84. The fourth-order valence-electron chi connectivity index (χ4n) is 2.84. The molecule has 0 saturated carbocycles. The number of amides is 1. The monoisotopic (exact) mass is 313 g/mol. The highest BCUT2D eigenvalue weighted by Crippen LogP contribution is 2.19. The van der Waals surface area contributed by atoms with Gasteiger partial charge in [-0.05, 0) is 42.7 Å². The molecule has 2 aromatic rings. The number of para-hydroxylation sites is 1. The topological polar surface area (TPSA) is 29.5 Å². The lowest BCUT2D eigenvalue weighted by atomic mass is 10.1. The van der Waals surface area contributed by atoms with Crippen molar-refractivity contribution in [2.24, 2.45) is 0 Å². The molecule has 1 heterocycles. The van der Waals surface area contributed by atoms with Crippen LogP contribution in [0.3, 0.4) is 0 Å². The van der Waals surface area contributed by atoms with Gasteiger partial charge in [-0.1, -0.05) is 30.3 Å². The average molecular weight is 313 g/mol. The number of nitrogens with zero attached hydrogens (tertiary/aromatic N) is 1. The number of likely N-dealkylation sites (tertiary alicyclic amines) is 1. The molecule has 3 rings (SSSR count). The SMILES string of the molecule is O=C(Cc1ccc(F)cc1)N1CCCC(Oc2ccccc2)C1. The van der Waals surface area contributed by atoms with E-state index in [1.807, 2.05) is 35.2 Å². The zero-order valence-corrected chi connectivity index (χ0v) is 13.0. The molecule has 1 aliphatic heterocycles. The van der Waals surface area contributed by atoms with Crippen molar-refractivity contribution >= 4 is 5.91 Å². The van der Waals surface area contributed by atoms with Gasteiger partial charge in [-0.3, -0.25) is 4.79 Å². The number of rotatable bonds is 4. The molecule has 1 amide bonds. The summed E-state index contributed by atoms with van der Waals surface area (Å²) in [5, 5.41) is 0. The number of carbonyl (C=O) groups excluding carboxylic acids is 1. The number of carbonyl (C=O) groups is 1. The number of benzene rings is 2. The molecule has 1 atom stereocenters. The van der Waals surface area contributed by atoms with E-state index in [1.54, 1.807) is 12.1 Å². The molecule has 0 bridgehead atoms. The van der Waals surface area contributed by atoms with Gasteiger partial charge in [0.15, 0.2) is 0 Å². The molecule has 3 nitrogen and oxygen atoms in total. The summed E-state index contributed by atoms with van der Waals surface area (Å²) in [4.78, 5) is 14.3. The van der Waals surface area contributed by atoms with Gasteiger partial charge >= 0.3 is 0 Å². The second-order valence-electron chi connectivity index (χ2n) is 5.84. The van der Waals surface area contributed by atoms with Crippen LogP contribution in [0.1, 0.15) is 18.4 Å². The maximum absolute atomic E-state index is 12.9. The quantitative estimate of drug-likeness (QED) is 0.865. The third-order valence-corrected chi connectivity index (χ3v) is 4.05. The van der Waals surface area contributed by atoms with Gasteiger partial charge in [-0.25, -0.2) is 4.39 Å². The van der Waals surface area contributed by atoms with Crippen molar-refractivity contribution in [3.05, 3.63) is 66.0 Å². The summed E-state index contributed by atoms with van der Waals surface area (Å²) in [7, 11) is 0. The van der Waals surface area contributed by atoms with E-state index in [-0.39, 0.29) is 17.8 Å². The van der Waals surface area contributed by atoms with Gasteiger partial charge in [-0.15, -0.1) is 0 Å². The summed E-state index contributed by atoms with van der Waals surface area (Å²) < 4.78 is 18.9. The first-order valence-corrected chi connectivity index (χ1v) is 7.94. The fraction of sp³-hybridized carbons (Fsp3) is 0.316. The molecule has 2 aromatic carbocycles. The Morgan fingerprint density at radius 2 is 1.87 bits per heavy atom. The van der Waals surface area contributed by atoms with Crippen LogP contribution in [-0.4, -0.2) is 30.0 Å². The summed E-state index contributed by atoms with van der Waals surface area (Å²) in [5.41, 5.74) is 0.836. The minimum Gasteiger partial charge on any atom is -0.489 e. The van der Waals surface area contributed by atoms with Gasteiger partial charge in [0.25, 0.3) is 0 Å². The van der Waals surface area contributed by atoms with Crippen LogP contribution < -0.4 is 4.74 Å². The van der Waals surface area contributed by atoms with E-state index in [4.69, 9.17) is 4.74 Å². The molecule has 4 heteroatoms. The van der Waals surface area contributed by atoms with Crippen LogP contribution in [0.5, 0.6) is 5.75 Å². The predicted octanol–water partition coefficient (Wildman–Crippen LogP) is 3.44. The molecule has 1 unspecified atom stereocenters. The first kappa shape index (κ1) is 15.5. The second-order valence-corrected chi connectivity index (χ2v) is 5.84. The number of piperidine rings is 1. The maximum Gasteiger partial charge on any atom is 0.227 e. The normalized spacial score (nSPS) is 17.8. The minimum atomic E-state index is -0.282. The average Bonchev–Trinajstić information content (AvgIpc) is 2.58. The van der Waals surface area contributed by atoms with E-state index >= 15 is 0 Å². The van der Waals surface area contributed by atoms with E-state index < -0.39 is 0 Å². The van der Waals surface area contributed by atoms with E-state index in [9.17, 15) is 9.18 Å². The van der Waals surface area contributed by atoms with Crippen LogP contribution in [0.4, 0.5) is 4.39 Å². The van der Waals surface area contributed by atoms with Gasteiger partial charge in [0, 0.05) is 6.54 Å². The van der Waals surface area contributed by atoms with Crippen molar-refractivity contribution in [3.8, 4) is 5.75 Å². The van der Waals surface area contributed by atoms with Crippen molar-refractivity contribution in [2.75, 3.05) is 13.1 Å². The number of hydrogen-bond donors (Lipinski definition) is 0. The minimum absolute atomic E-state index is 0.0308. The molecule has 120 valence electrons. The Labute approximate surface area is 135 Å². The largest absolute Gasteiger partial charge is 0.489 e. The van der Waals surface area contributed by atoms with Gasteiger partial charge in [0.2, 0.25) is 5.91 Å². The van der Waals surface area contributed by atoms with E-state index in [0.717, 1.165) is 30.7 Å². The third kappa shape index (κ3) is 4.31. The van der Waals surface area contributed by atoms with E-state index in [0.29, 0.717) is 13.0 Å². The highest BCUT2D eigenvalue weighted by molar-refractivity contribution is 5.78. The lowest BCUT2D eigenvalue weighted by Gasteiger charge is -2.33. The second kappa shape index (κ2) is 7.27. The Balaban J connectivity index is 1.57. The molecular weight excluding hydrogens is 293 g/mol. The van der Waals surface area contributed by atoms with Crippen molar-refractivity contribution in [2.45, 2.75) is 25.4 Å². The molecule has 1 fully saturated rings. The molecule has 1 saturated heterocycles. The first-order chi connectivity index (χ1) is 11.2. The van der Waals surface area contributed by atoms with E-state index in [2.05, 4.69) is 0 Å². The third-order valence-electron chi connectivity index (χ3n) is 4.05. The highest BCUT2D eigenvalue weighted by atomic mass is 19.1. The van der Waals surface area contributed by atoms with E-state index in [1.165, 1.54) is 12.1 Å². The zero-order chi connectivity index (χ0) is 16.1. The van der Waals surface area contributed by atoms with Crippen LogP contribution in [-0.2, 0) is 11.2 Å². The molecule has 0 aromatic heterocycles. The van der Waals surface area contributed by atoms with Crippen LogP contribution in [0.25, 0.3) is 0 Å². The standard InChI is InChI=1S/C19H20FNO2/c20-16-10-8-15(9-11-16)13-19(22)21-12-4-7-18(14-21)23-17-5-2-1-3-6-17/h1-3,5-6,8-11,18H,4,7,12-14H2. The molecule has 0 aliphatic carbocycles. The summed E-state index contributed by atoms with van der Waals surface area (Å²) in [6.45, 7) is 1.36. The van der Waals surface area contributed by atoms with Crippen molar-refractivity contribution in [1.29, 1.82) is 0 Å². The van der Waals surface area contributed by atoms with Gasteiger partial charge in [-0.2, -0.15) is 0 Å². The molecule has 0 radical (unpaired) electrons. The van der Waals surface area contributed by atoms with Crippen molar-refractivity contribution in [3.63, 3.8) is 0 Å². The summed E-state index contributed by atoms with van der Waals surface area (Å²) in [6, 6.07) is 15.8. The lowest BCUT2D eigenvalue weighted by Crippen LogP contribution is -2.45. The Kier molecular flexibility index (Phi) is 4.91. The van der Waals surface area contributed by atoms with Gasteiger partial charge < -0.3 is 9.64 Å². The Hall–Kier alpha value is -2.36. The Bertz CT molecular complexity index is 642. The molecule has 0 N–H and O–H groups in total. The summed E-state index contributed by atoms with van der Waals surface area (Å²) >= 11 is 0. The van der Waals surface area contributed by atoms with Crippen LogP contribution in [0, 0.1) is 5.82 Å². The number of hydrogen-bond acceptors (Lipinski definition) is 2. The van der Waals surface area contributed by atoms with Crippen molar-refractivity contribution < 1.29 is 13.9 Å². The summed E-state index contributed by atoms with van der Waals surface area (Å²) in [5.74, 6) is 0.624. The summed E-state index contributed by atoms with van der Waals surface area (Å²) in [6.07, 6.45) is 2.23. The highest BCUT2D eigenvalue weighted by Gasteiger charge is 2.24. The Morgan fingerprint density at radius 1 is 1.13 bits per heavy atom. The smallest absolute Gasteiger partial charge is 0.227 e. The first-order valence-electron chi connectivity index (χ1n) is 7.94. The maximum atomic E-state index is 12.9.